The van der Waals surface area contributed by atoms with E-state index in [2.05, 4.69) is 34.8 Å². The van der Waals surface area contributed by atoms with E-state index in [0.717, 1.165) is 25.8 Å². The van der Waals surface area contributed by atoms with Crippen molar-refractivity contribution in [3.05, 3.63) is 0 Å². The van der Waals surface area contributed by atoms with Crippen molar-refractivity contribution in [2.24, 2.45) is 0 Å². The van der Waals surface area contributed by atoms with E-state index in [1.165, 1.54) is 49.4 Å². The molecule has 0 aliphatic carbocycles. The number of halogens is 1. The smallest absolute Gasteiger partial charge is 0.219 e. The molecule has 0 aromatic rings. The van der Waals surface area contributed by atoms with Crippen LogP contribution in [0, 0.1) is 0 Å². The highest BCUT2D eigenvalue weighted by atomic mass is 127. The van der Waals surface area contributed by atoms with Gasteiger partial charge in [0.2, 0.25) is 5.91 Å². The van der Waals surface area contributed by atoms with Gasteiger partial charge < -0.3 is 5.32 Å². The molecule has 0 heterocycles. The summed E-state index contributed by atoms with van der Waals surface area (Å²) in [7, 11) is 0. The molecule has 0 saturated carbocycles. The molecule has 0 aromatic carbocycles. The molecule has 0 fully saturated rings. The van der Waals surface area contributed by atoms with E-state index in [1.807, 2.05) is 0 Å². The van der Waals surface area contributed by atoms with Gasteiger partial charge in [0, 0.05) is 13.0 Å². The normalized spacial score (nSPS) is 10.5. The molecule has 102 valence electrons. The molecular formula is C14H28INO. The first-order valence-corrected chi connectivity index (χ1v) is 8.66. The summed E-state index contributed by atoms with van der Waals surface area (Å²) in [4.78, 5) is 11.5. The van der Waals surface area contributed by atoms with Gasteiger partial charge in [0.25, 0.3) is 0 Å². The average Bonchev–Trinajstić information content (AvgIpc) is 2.33. The van der Waals surface area contributed by atoms with Crippen LogP contribution in [0.25, 0.3) is 0 Å². The van der Waals surface area contributed by atoms with Gasteiger partial charge in [0.05, 0.1) is 0 Å². The summed E-state index contributed by atoms with van der Waals surface area (Å²) in [6.45, 7) is 3.08. The monoisotopic (exact) mass is 353 g/mol. The average molecular weight is 353 g/mol. The van der Waals surface area contributed by atoms with Crippen molar-refractivity contribution < 1.29 is 4.79 Å². The van der Waals surface area contributed by atoms with Crippen LogP contribution in [0.2, 0.25) is 0 Å². The first-order valence-electron chi connectivity index (χ1n) is 7.14. The van der Waals surface area contributed by atoms with Crippen LogP contribution in [-0.2, 0) is 4.79 Å². The van der Waals surface area contributed by atoms with Gasteiger partial charge in [-0.3, -0.25) is 4.79 Å². The molecule has 17 heavy (non-hydrogen) atoms. The number of unbranched alkanes of at least 4 members (excludes halogenated alkanes) is 7. The fraction of sp³-hybridized carbons (Fsp3) is 0.929. The molecule has 0 rings (SSSR count). The summed E-state index contributed by atoms with van der Waals surface area (Å²) < 4.78 is 1.25. The van der Waals surface area contributed by atoms with Crippen LogP contribution in [0.15, 0.2) is 0 Å². The van der Waals surface area contributed by atoms with Crippen molar-refractivity contribution in [1.82, 2.24) is 5.32 Å². The second kappa shape index (κ2) is 14.3. The van der Waals surface area contributed by atoms with E-state index in [1.54, 1.807) is 0 Å². The van der Waals surface area contributed by atoms with E-state index in [-0.39, 0.29) is 5.91 Å². The van der Waals surface area contributed by atoms with Gasteiger partial charge in [-0.2, -0.15) is 0 Å². The van der Waals surface area contributed by atoms with Crippen molar-refractivity contribution in [3.63, 3.8) is 0 Å². The van der Waals surface area contributed by atoms with Gasteiger partial charge in [-0.1, -0.05) is 68.0 Å². The molecule has 2 nitrogen and oxygen atoms in total. The largest absolute Gasteiger partial charge is 0.356 e. The maximum atomic E-state index is 11.5. The molecule has 0 spiro atoms. The lowest BCUT2D eigenvalue weighted by atomic mass is 10.1. The highest BCUT2D eigenvalue weighted by molar-refractivity contribution is 14.1. The van der Waals surface area contributed by atoms with E-state index < -0.39 is 0 Å². The van der Waals surface area contributed by atoms with Crippen molar-refractivity contribution >= 4 is 28.5 Å². The minimum Gasteiger partial charge on any atom is -0.356 e. The molecule has 1 N–H and O–H groups in total. The predicted molar refractivity (Wildman–Crippen MR) is 83.7 cm³/mol. The Hall–Kier alpha value is 0.200. The highest BCUT2D eigenvalue weighted by Crippen LogP contribution is 2.05. The number of amides is 1. The van der Waals surface area contributed by atoms with E-state index in [9.17, 15) is 4.79 Å². The quantitative estimate of drug-likeness (QED) is 0.313. The third-order valence-corrected chi connectivity index (χ3v) is 3.65. The third kappa shape index (κ3) is 14.1. The summed E-state index contributed by atoms with van der Waals surface area (Å²) in [6.07, 6.45) is 11.8. The van der Waals surface area contributed by atoms with Gasteiger partial charge in [0.1, 0.15) is 0 Å². The van der Waals surface area contributed by atoms with Crippen LogP contribution in [0.3, 0.4) is 0 Å². The van der Waals surface area contributed by atoms with Crippen LogP contribution >= 0.6 is 22.6 Å². The Balaban J connectivity index is 3.12. The Kier molecular flexibility index (Phi) is 14.4. The Morgan fingerprint density at radius 1 is 0.941 bits per heavy atom. The number of alkyl halides is 1. The number of hydrogen-bond donors (Lipinski definition) is 1. The minimum absolute atomic E-state index is 0.246. The highest BCUT2D eigenvalue weighted by Gasteiger charge is 1.99. The number of carbonyl (C=O) groups is 1. The van der Waals surface area contributed by atoms with Crippen molar-refractivity contribution in [1.29, 1.82) is 0 Å². The van der Waals surface area contributed by atoms with Gasteiger partial charge in [-0.05, 0) is 23.7 Å². The maximum Gasteiger partial charge on any atom is 0.219 e. The topological polar surface area (TPSA) is 29.1 Å². The Bertz CT molecular complexity index is 174. The molecular weight excluding hydrogens is 325 g/mol. The van der Waals surface area contributed by atoms with E-state index in [4.69, 9.17) is 0 Å². The summed E-state index contributed by atoms with van der Waals surface area (Å²) >= 11 is 2.41. The van der Waals surface area contributed by atoms with Gasteiger partial charge in [-0.15, -0.1) is 0 Å². The Labute approximate surface area is 120 Å². The van der Waals surface area contributed by atoms with Crippen LogP contribution < -0.4 is 5.32 Å². The summed E-state index contributed by atoms with van der Waals surface area (Å²) in [5.74, 6) is 0.246. The van der Waals surface area contributed by atoms with Crippen LogP contribution in [0.1, 0.15) is 71.1 Å². The lowest BCUT2D eigenvalue weighted by Crippen LogP contribution is -2.23. The van der Waals surface area contributed by atoms with Crippen LogP contribution in [-0.4, -0.2) is 16.9 Å². The predicted octanol–water partition coefficient (Wildman–Crippen LogP) is 4.46. The zero-order valence-corrected chi connectivity index (χ0v) is 13.4. The summed E-state index contributed by atoms with van der Waals surface area (Å²) in [5, 5.41) is 3.01. The molecule has 0 atom stereocenters. The van der Waals surface area contributed by atoms with Crippen molar-refractivity contribution in [2.45, 2.75) is 71.1 Å². The first-order chi connectivity index (χ1) is 8.31. The minimum atomic E-state index is 0.246. The molecule has 0 aliphatic heterocycles. The van der Waals surface area contributed by atoms with Crippen molar-refractivity contribution in [2.75, 3.05) is 11.0 Å². The molecule has 0 radical (unpaired) electrons. The molecule has 0 unspecified atom stereocenters. The number of nitrogens with one attached hydrogen (secondary N) is 1. The SMILES string of the molecule is CCCCCCCC(=O)NCCCCCCI. The number of rotatable bonds is 12. The number of hydrogen-bond acceptors (Lipinski definition) is 1. The lowest BCUT2D eigenvalue weighted by molar-refractivity contribution is -0.121. The summed E-state index contributed by atoms with van der Waals surface area (Å²) in [5.41, 5.74) is 0. The molecule has 0 bridgehead atoms. The molecule has 3 heteroatoms. The number of carbonyl (C=O) groups excluding carboxylic acids is 1. The van der Waals surface area contributed by atoms with E-state index >= 15 is 0 Å². The van der Waals surface area contributed by atoms with Gasteiger partial charge in [0.15, 0.2) is 0 Å². The van der Waals surface area contributed by atoms with Crippen LogP contribution in [0.5, 0.6) is 0 Å². The standard InChI is InChI=1S/C14H28INO/c1-2-3-4-5-8-11-14(17)16-13-10-7-6-9-12-15/h2-13H2,1H3,(H,16,17). The Morgan fingerprint density at radius 2 is 1.59 bits per heavy atom. The molecule has 0 aromatic heterocycles. The second-order valence-corrected chi connectivity index (χ2v) is 5.70. The van der Waals surface area contributed by atoms with E-state index in [0.29, 0.717) is 0 Å². The molecule has 0 saturated heterocycles. The molecule has 1 amide bonds. The zero-order valence-electron chi connectivity index (χ0n) is 11.3. The fourth-order valence-electron chi connectivity index (χ4n) is 1.78. The second-order valence-electron chi connectivity index (χ2n) is 4.62. The van der Waals surface area contributed by atoms with Gasteiger partial charge >= 0.3 is 0 Å². The fourth-order valence-corrected chi connectivity index (χ4v) is 2.32. The molecule has 0 aliphatic rings. The maximum absolute atomic E-state index is 11.5. The van der Waals surface area contributed by atoms with Crippen LogP contribution in [0.4, 0.5) is 0 Å². The third-order valence-electron chi connectivity index (χ3n) is 2.89. The lowest BCUT2D eigenvalue weighted by Gasteiger charge is -2.05. The first kappa shape index (κ1) is 17.2. The van der Waals surface area contributed by atoms with Gasteiger partial charge in [-0.25, -0.2) is 0 Å². The zero-order chi connectivity index (χ0) is 12.8. The van der Waals surface area contributed by atoms with Crippen molar-refractivity contribution in [3.8, 4) is 0 Å². The summed E-state index contributed by atoms with van der Waals surface area (Å²) in [6, 6.07) is 0. The Morgan fingerprint density at radius 3 is 2.29 bits per heavy atom.